The second kappa shape index (κ2) is 16.6. The molecule has 0 aromatic carbocycles. The fourth-order valence-electron chi connectivity index (χ4n) is 4.06. The zero-order valence-electron chi connectivity index (χ0n) is 22.7. The molecule has 0 aliphatic heterocycles. The van der Waals surface area contributed by atoms with Gasteiger partial charge in [0.15, 0.2) is 0 Å². The molecule has 1 unspecified atom stereocenters. The van der Waals surface area contributed by atoms with E-state index in [1.807, 2.05) is 0 Å². The molecule has 41 heavy (non-hydrogen) atoms. The highest BCUT2D eigenvalue weighted by Crippen LogP contribution is 2.29. The first-order chi connectivity index (χ1) is 19.3. The van der Waals surface area contributed by atoms with E-state index < -0.39 is 55.6 Å². The van der Waals surface area contributed by atoms with Gasteiger partial charge in [-0.1, -0.05) is 18.1 Å². The molecule has 1 aromatic rings. The van der Waals surface area contributed by atoms with E-state index in [1.54, 1.807) is 4.68 Å². The minimum absolute atomic E-state index is 0.120. The van der Waals surface area contributed by atoms with Gasteiger partial charge in [0.1, 0.15) is 18.4 Å². The van der Waals surface area contributed by atoms with Crippen LogP contribution in [0.4, 0.5) is 0 Å². The third kappa shape index (κ3) is 14.1. The fraction of sp³-hybridized carbons (Fsp3) is 0.762. The maximum Gasteiger partial charge on any atom is 0.269 e. The molecule has 0 fully saturated rings. The molecular formula is C21H37N7O11S2. The molecule has 0 spiro atoms. The molecule has 0 radical (unpaired) electrons. The highest BCUT2D eigenvalue weighted by molar-refractivity contribution is 7.86. The summed E-state index contributed by atoms with van der Waals surface area (Å²) in [7, 11) is -7.25. The first kappa shape index (κ1) is 34.5. The van der Waals surface area contributed by atoms with Crippen molar-refractivity contribution in [2.24, 2.45) is 0 Å². The van der Waals surface area contributed by atoms with Gasteiger partial charge < -0.3 is 15.4 Å². The van der Waals surface area contributed by atoms with Crippen molar-refractivity contribution >= 4 is 38.0 Å². The van der Waals surface area contributed by atoms with Crippen molar-refractivity contribution in [2.45, 2.75) is 44.8 Å². The minimum atomic E-state index is -4.28. The Bertz CT molecular complexity index is 1190. The van der Waals surface area contributed by atoms with Crippen LogP contribution in [-0.4, -0.2) is 122 Å². The van der Waals surface area contributed by atoms with Gasteiger partial charge in [-0.2, -0.15) is 16.8 Å². The van der Waals surface area contributed by atoms with Crippen molar-refractivity contribution in [3.8, 4) is 0 Å². The van der Waals surface area contributed by atoms with Crippen molar-refractivity contribution in [3.05, 3.63) is 11.4 Å². The molecule has 20 heteroatoms. The molecule has 2 rings (SSSR count). The zero-order valence-corrected chi connectivity index (χ0v) is 24.3. The quantitative estimate of drug-likeness (QED) is 0.0881. The Balaban J connectivity index is 2.10. The molecule has 1 aromatic heterocycles. The number of nitrogens with one attached hydrogen (secondary N) is 3. The van der Waals surface area contributed by atoms with Crippen LogP contribution in [0.2, 0.25) is 0 Å². The second-order valence-corrected chi connectivity index (χ2v) is 12.4. The lowest BCUT2D eigenvalue weighted by atomic mass is 9.99. The summed E-state index contributed by atoms with van der Waals surface area (Å²) in [6.45, 7) is -1.25. The molecule has 0 saturated heterocycles. The lowest BCUT2D eigenvalue weighted by molar-refractivity contribution is -0.138. The first-order valence-electron chi connectivity index (χ1n) is 12.8. The van der Waals surface area contributed by atoms with Gasteiger partial charge in [-0.15, -0.1) is 5.10 Å². The Labute approximate surface area is 237 Å². The predicted octanol–water partition coefficient (Wildman–Crippen LogP) is -2.56. The molecule has 1 heterocycles. The van der Waals surface area contributed by atoms with Crippen molar-refractivity contribution in [3.63, 3.8) is 0 Å². The van der Waals surface area contributed by atoms with Gasteiger partial charge >= 0.3 is 0 Å². The van der Waals surface area contributed by atoms with Crippen molar-refractivity contribution in [2.75, 3.05) is 57.9 Å². The number of aromatic nitrogens is 3. The average molecular weight is 628 g/mol. The van der Waals surface area contributed by atoms with Crippen LogP contribution < -0.4 is 16.1 Å². The van der Waals surface area contributed by atoms with Gasteiger partial charge in [0.25, 0.3) is 26.1 Å². The van der Waals surface area contributed by atoms with Crippen LogP contribution in [0, 0.1) is 0 Å². The van der Waals surface area contributed by atoms with Gasteiger partial charge in [-0.3, -0.25) is 33.2 Å². The zero-order chi connectivity index (χ0) is 30.5. The van der Waals surface area contributed by atoms with E-state index in [9.17, 15) is 31.2 Å². The summed E-state index contributed by atoms with van der Waals surface area (Å²) >= 11 is 0. The highest BCUT2D eigenvalue weighted by atomic mass is 32.2. The van der Waals surface area contributed by atoms with Crippen LogP contribution in [0.15, 0.2) is 0 Å². The highest BCUT2D eigenvalue weighted by Gasteiger charge is 2.26. The molecule has 0 saturated carbocycles. The van der Waals surface area contributed by atoms with Crippen molar-refractivity contribution < 1.29 is 49.9 Å². The minimum Gasteiger partial charge on any atom is -0.362 e. The summed E-state index contributed by atoms with van der Waals surface area (Å²) in [5, 5.41) is 13.2. The predicted molar refractivity (Wildman–Crippen MR) is 141 cm³/mol. The van der Waals surface area contributed by atoms with E-state index in [0.29, 0.717) is 18.5 Å². The Morgan fingerprint density at radius 2 is 1.59 bits per heavy atom. The number of hydrogen-bond donors (Lipinski definition) is 5. The van der Waals surface area contributed by atoms with E-state index in [2.05, 4.69) is 31.3 Å². The van der Waals surface area contributed by atoms with E-state index >= 15 is 0 Å². The second-order valence-electron chi connectivity index (χ2n) is 9.26. The number of nitrogens with zero attached hydrogens (tertiary/aromatic N) is 4. The number of ether oxygens (including phenoxy) is 1. The molecule has 1 atom stereocenters. The Morgan fingerprint density at radius 3 is 2.15 bits per heavy atom. The molecule has 5 N–H and O–H groups in total. The smallest absolute Gasteiger partial charge is 0.269 e. The number of carbonyl (C=O) groups is 3. The number of hydroxylamine groups is 1. The van der Waals surface area contributed by atoms with Gasteiger partial charge in [0.2, 0.25) is 11.8 Å². The van der Waals surface area contributed by atoms with Crippen molar-refractivity contribution in [1.82, 2.24) is 36.0 Å². The molecule has 1 aliphatic rings. The van der Waals surface area contributed by atoms with Gasteiger partial charge in [-0.25, -0.2) is 10.2 Å². The topological polar surface area (TPSA) is 248 Å². The molecule has 1 aliphatic carbocycles. The fourth-order valence-corrected chi connectivity index (χ4v) is 4.78. The molecular weight excluding hydrogens is 590 g/mol. The van der Waals surface area contributed by atoms with E-state index in [4.69, 9.17) is 13.8 Å². The molecule has 18 nitrogen and oxygen atoms in total. The SMILES string of the molecule is CONC(=O)COC1CCCCCc2c1nnn2CCN(CC(=O)NCCS(=O)(=O)O)CC(=O)NCCS(=O)(=O)O. The van der Waals surface area contributed by atoms with Crippen LogP contribution in [0.25, 0.3) is 0 Å². The monoisotopic (exact) mass is 627 g/mol. The number of amides is 3. The number of fused-ring (bicyclic) bond motifs is 1. The molecule has 234 valence electrons. The summed E-state index contributed by atoms with van der Waals surface area (Å²) in [6.07, 6.45) is 3.46. The van der Waals surface area contributed by atoms with E-state index in [1.165, 1.54) is 12.0 Å². The Hall–Kier alpha value is -2.75. The average Bonchev–Trinajstić information content (AvgIpc) is 3.22. The third-order valence-electron chi connectivity index (χ3n) is 5.91. The van der Waals surface area contributed by atoms with Crippen LogP contribution in [0.5, 0.6) is 0 Å². The van der Waals surface area contributed by atoms with E-state index in [0.717, 1.165) is 25.0 Å². The summed E-state index contributed by atoms with van der Waals surface area (Å²) in [4.78, 5) is 42.6. The molecule has 0 bridgehead atoms. The maximum absolute atomic E-state index is 12.4. The maximum atomic E-state index is 12.4. The summed E-state index contributed by atoms with van der Waals surface area (Å²) in [5.41, 5.74) is 3.56. The number of carbonyl (C=O) groups excluding carboxylic acids is 3. The number of rotatable bonds is 17. The van der Waals surface area contributed by atoms with Crippen LogP contribution >= 0.6 is 0 Å². The lowest BCUT2D eigenvalue weighted by Gasteiger charge is -2.22. The third-order valence-corrected chi connectivity index (χ3v) is 7.35. The number of hydrogen-bond acceptors (Lipinski definition) is 12. The summed E-state index contributed by atoms with van der Waals surface area (Å²) < 4.78 is 68.7. The van der Waals surface area contributed by atoms with Crippen LogP contribution in [-0.2, 0) is 57.2 Å². The van der Waals surface area contributed by atoms with E-state index in [-0.39, 0.29) is 45.9 Å². The Morgan fingerprint density at radius 1 is 0.976 bits per heavy atom. The van der Waals surface area contributed by atoms with Crippen LogP contribution in [0.3, 0.4) is 0 Å². The van der Waals surface area contributed by atoms with Gasteiger partial charge in [0, 0.05) is 19.6 Å². The van der Waals surface area contributed by atoms with Gasteiger partial charge in [0.05, 0.1) is 43.9 Å². The summed E-state index contributed by atoms with van der Waals surface area (Å²) in [6, 6.07) is 0. The van der Waals surface area contributed by atoms with Gasteiger partial charge in [-0.05, 0) is 19.3 Å². The largest absolute Gasteiger partial charge is 0.362 e. The lowest BCUT2D eigenvalue weighted by Crippen LogP contribution is -2.45. The first-order valence-corrected chi connectivity index (χ1v) is 16.0. The normalized spacial score (nSPS) is 16.0. The molecule has 3 amide bonds. The van der Waals surface area contributed by atoms with Crippen molar-refractivity contribution in [1.29, 1.82) is 0 Å². The Kier molecular flexibility index (Phi) is 14.0. The summed E-state index contributed by atoms with van der Waals surface area (Å²) in [5.74, 6) is -3.05. The standard InChI is InChI=1S/C21H37N7O11S2/c1-38-25-20(31)15-39-17-6-4-2-3-5-16-21(17)24-26-28(16)10-9-27(13-18(29)22-7-11-40(32,33)34)14-19(30)23-8-12-41(35,36)37/h17H,2-15H2,1H3,(H,22,29)(H,23,30)(H,25,31)(H,32,33,34)(H,35,36,37). The van der Waals surface area contributed by atoms with Crippen LogP contribution in [0.1, 0.15) is 43.2 Å².